The van der Waals surface area contributed by atoms with E-state index in [1.807, 2.05) is 68.8 Å². The molecule has 0 spiro atoms. The molecule has 0 fully saturated rings. The lowest BCUT2D eigenvalue weighted by Crippen LogP contribution is -2.25. The van der Waals surface area contributed by atoms with E-state index in [4.69, 9.17) is 4.52 Å². The fourth-order valence-electron chi connectivity index (χ4n) is 3.27. The van der Waals surface area contributed by atoms with Crippen LogP contribution in [0, 0.1) is 5.92 Å². The summed E-state index contributed by atoms with van der Waals surface area (Å²) in [4.78, 5) is 6.42. The van der Waals surface area contributed by atoms with Crippen LogP contribution >= 0.6 is 0 Å². The molecular formula is C21H28N4O3S. The van der Waals surface area contributed by atoms with Crippen LogP contribution in [-0.4, -0.2) is 40.8 Å². The third-order valence-electron chi connectivity index (χ3n) is 4.87. The summed E-state index contributed by atoms with van der Waals surface area (Å²) >= 11 is 0. The van der Waals surface area contributed by atoms with E-state index in [1.165, 1.54) is 0 Å². The zero-order valence-corrected chi connectivity index (χ0v) is 18.1. The molecule has 1 aromatic carbocycles. The van der Waals surface area contributed by atoms with Gasteiger partial charge in [-0.05, 0) is 25.5 Å². The molecule has 0 amide bonds. The van der Waals surface area contributed by atoms with Gasteiger partial charge >= 0.3 is 0 Å². The Morgan fingerprint density at radius 2 is 1.86 bits per heavy atom. The third kappa shape index (κ3) is 5.13. The zero-order chi connectivity index (χ0) is 21.0. The van der Waals surface area contributed by atoms with Crippen LogP contribution in [0.15, 0.2) is 58.5 Å². The van der Waals surface area contributed by atoms with Crippen LogP contribution in [0.4, 0.5) is 0 Å². The first kappa shape index (κ1) is 21.3. The van der Waals surface area contributed by atoms with Crippen molar-refractivity contribution in [2.45, 2.75) is 45.1 Å². The maximum Gasteiger partial charge on any atom is 0.228 e. The van der Waals surface area contributed by atoms with E-state index in [9.17, 15) is 8.42 Å². The average molecular weight is 417 g/mol. The number of rotatable bonds is 9. The minimum absolute atomic E-state index is 0.0181. The molecule has 3 rings (SSSR count). The Hall–Kier alpha value is -2.45. The quantitative estimate of drug-likeness (QED) is 0.531. The Morgan fingerprint density at radius 3 is 2.48 bits per heavy atom. The summed E-state index contributed by atoms with van der Waals surface area (Å²) in [6, 6.07) is 11.7. The van der Waals surface area contributed by atoms with Crippen molar-refractivity contribution in [2.24, 2.45) is 5.92 Å². The van der Waals surface area contributed by atoms with Crippen LogP contribution in [0.5, 0.6) is 0 Å². The van der Waals surface area contributed by atoms with E-state index >= 15 is 0 Å². The molecule has 0 aliphatic carbocycles. The lowest BCUT2D eigenvalue weighted by molar-refractivity contribution is 0.235. The molecule has 8 heteroatoms. The Morgan fingerprint density at radius 1 is 1.14 bits per heavy atom. The minimum Gasteiger partial charge on any atom is -0.364 e. The molecule has 2 heterocycles. The average Bonchev–Trinajstić information content (AvgIpc) is 3.32. The number of imidazole rings is 1. The van der Waals surface area contributed by atoms with Crippen LogP contribution < -0.4 is 0 Å². The lowest BCUT2D eigenvalue weighted by Gasteiger charge is -2.23. The number of nitrogens with zero attached hydrogens (tertiary/aromatic N) is 4. The second kappa shape index (κ2) is 8.92. The molecule has 0 bridgehead atoms. The Kier molecular flexibility index (Phi) is 6.54. The molecule has 2 aromatic heterocycles. The van der Waals surface area contributed by atoms with Gasteiger partial charge in [0, 0.05) is 12.6 Å². The van der Waals surface area contributed by atoms with Crippen molar-refractivity contribution in [3.05, 3.63) is 65.8 Å². The van der Waals surface area contributed by atoms with E-state index in [-0.39, 0.29) is 22.9 Å². The number of hydrogen-bond acceptors (Lipinski definition) is 6. The van der Waals surface area contributed by atoms with Crippen molar-refractivity contribution in [2.75, 3.05) is 12.8 Å². The van der Waals surface area contributed by atoms with Gasteiger partial charge in [0.05, 0.1) is 30.2 Å². The summed E-state index contributed by atoms with van der Waals surface area (Å²) in [5, 5.41) is 4.14. The van der Waals surface area contributed by atoms with Gasteiger partial charge in [0.2, 0.25) is 15.0 Å². The van der Waals surface area contributed by atoms with Gasteiger partial charge in [-0.1, -0.05) is 49.3 Å². The van der Waals surface area contributed by atoms with Gasteiger partial charge in [0.1, 0.15) is 12.0 Å². The number of sulfone groups is 1. The summed E-state index contributed by atoms with van der Waals surface area (Å²) in [5.41, 5.74) is 2.70. The van der Waals surface area contributed by atoms with Gasteiger partial charge in [0.15, 0.2) is 0 Å². The van der Waals surface area contributed by atoms with Crippen molar-refractivity contribution < 1.29 is 12.9 Å². The van der Waals surface area contributed by atoms with E-state index in [2.05, 4.69) is 15.0 Å². The summed E-state index contributed by atoms with van der Waals surface area (Å²) in [6.45, 7) is 6.82. The largest absolute Gasteiger partial charge is 0.364 e. The lowest BCUT2D eigenvalue weighted by atomic mass is 10.2. The normalized spacial score (nSPS) is 13.3. The summed E-state index contributed by atoms with van der Waals surface area (Å²) < 4.78 is 32.7. The van der Waals surface area contributed by atoms with Crippen molar-refractivity contribution in [1.29, 1.82) is 0 Å². The summed E-state index contributed by atoms with van der Waals surface area (Å²) in [6.07, 6.45) is 3.22. The fourth-order valence-corrected chi connectivity index (χ4v) is 5.03. The van der Waals surface area contributed by atoms with Crippen molar-refractivity contribution in [1.82, 2.24) is 19.6 Å². The topological polar surface area (TPSA) is 81.2 Å². The van der Waals surface area contributed by atoms with Gasteiger partial charge in [0.25, 0.3) is 0 Å². The fraction of sp³-hybridized carbons (Fsp3) is 0.429. The van der Waals surface area contributed by atoms with Crippen molar-refractivity contribution in [3.63, 3.8) is 0 Å². The van der Waals surface area contributed by atoms with E-state index in [0.717, 1.165) is 17.0 Å². The molecule has 0 saturated carbocycles. The highest BCUT2D eigenvalue weighted by Crippen LogP contribution is 2.22. The molecule has 0 saturated heterocycles. The molecule has 3 aromatic rings. The molecule has 0 aliphatic heterocycles. The zero-order valence-electron chi connectivity index (χ0n) is 17.3. The third-order valence-corrected chi connectivity index (χ3v) is 6.86. The maximum atomic E-state index is 13.0. The molecular weight excluding hydrogens is 388 g/mol. The number of hydrogen-bond donors (Lipinski definition) is 0. The van der Waals surface area contributed by atoms with Crippen LogP contribution in [-0.2, 0) is 22.9 Å². The molecule has 29 heavy (non-hydrogen) atoms. The van der Waals surface area contributed by atoms with Gasteiger partial charge < -0.3 is 9.09 Å². The van der Waals surface area contributed by atoms with Gasteiger partial charge in [-0.3, -0.25) is 4.90 Å². The first-order valence-electron chi connectivity index (χ1n) is 9.69. The number of benzene rings is 1. The minimum atomic E-state index is -3.48. The predicted molar refractivity (Wildman–Crippen MR) is 111 cm³/mol. The molecule has 0 radical (unpaired) electrons. The molecule has 0 aliphatic rings. The first-order valence-corrected chi connectivity index (χ1v) is 11.3. The van der Waals surface area contributed by atoms with Crippen LogP contribution in [0.25, 0.3) is 0 Å². The Bertz CT molecular complexity index is 1010. The summed E-state index contributed by atoms with van der Waals surface area (Å²) in [5.74, 6) is 0.101. The number of aromatic nitrogens is 3. The SMILES string of the molecule is CC(C)CS(=O)(=O)c1ncc(CN(C)C(C)c2ccon2)n1Cc1ccccc1. The van der Waals surface area contributed by atoms with Crippen LogP contribution in [0.1, 0.15) is 43.8 Å². The Balaban J connectivity index is 1.94. The standard InChI is InChI=1S/C21H28N4O3S/c1-16(2)15-29(26,27)21-22-12-19(25(21)13-18-8-6-5-7-9-18)14-24(4)17(3)20-10-11-28-23-20/h5-12,16-17H,13-15H2,1-4H3. The molecule has 7 nitrogen and oxygen atoms in total. The highest BCUT2D eigenvalue weighted by atomic mass is 32.2. The van der Waals surface area contributed by atoms with Crippen molar-refractivity contribution >= 4 is 9.84 Å². The molecule has 0 N–H and O–H groups in total. The van der Waals surface area contributed by atoms with Crippen molar-refractivity contribution in [3.8, 4) is 0 Å². The van der Waals surface area contributed by atoms with E-state index in [1.54, 1.807) is 12.5 Å². The maximum absolute atomic E-state index is 13.0. The second-order valence-electron chi connectivity index (χ2n) is 7.79. The highest BCUT2D eigenvalue weighted by Gasteiger charge is 2.26. The van der Waals surface area contributed by atoms with Gasteiger partial charge in [-0.15, -0.1) is 0 Å². The Labute approximate surface area is 172 Å². The molecule has 1 atom stereocenters. The van der Waals surface area contributed by atoms with E-state index in [0.29, 0.717) is 13.1 Å². The van der Waals surface area contributed by atoms with E-state index < -0.39 is 9.84 Å². The van der Waals surface area contributed by atoms with Crippen LogP contribution in [0.2, 0.25) is 0 Å². The summed E-state index contributed by atoms with van der Waals surface area (Å²) in [7, 11) is -1.51. The smallest absolute Gasteiger partial charge is 0.228 e. The van der Waals surface area contributed by atoms with Gasteiger partial charge in [-0.2, -0.15) is 0 Å². The van der Waals surface area contributed by atoms with Crippen LogP contribution in [0.3, 0.4) is 0 Å². The highest BCUT2D eigenvalue weighted by molar-refractivity contribution is 7.91. The second-order valence-corrected chi connectivity index (χ2v) is 9.72. The monoisotopic (exact) mass is 416 g/mol. The molecule has 1 unspecified atom stereocenters. The predicted octanol–water partition coefficient (Wildman–Crippen LogP) is 3.54. The molecule has 156 valence electrons. The van der Waals surface area contributed by atoms with Gasteiger partial charge in [-0.25, -0.2) is 13.4 Å². The first-order chi connectivity index (χ1) is 13.8.